The Morgan fingerprint density at radius 3 is 2.75 bits per heavy atom. The van der Waals surface area contributed by atoms with Crippen molar-refractivity contribution >= 4 is 0 Å². The van der Waals surface area contributed by atoms with Crippen LogP contribution in [0.1, 0.15) is 13.8 Å². The number of fused-ring (bicyclic) bond motifs is 1. The zero-order valence-electron chi connectivity index (χ0n) is 7.49. The van der Waals surface area contributed by atoms with Gasteiger partial charge in [0, 0.05) is 5.92 Å². The van der Waals surface area contributed by atoms with Crippen LogP contribution in [0.15, 0.2) is 0 Å². The van der Waals surface area contributed by atoms with Crippen LogP contribution >= 0.6 is 0 Å². The van der Waals surface area contributed by atoms with E-state index in [1.807, 2.05) is 0 Å². The molecule has 0 amide bonds. The predicted molar refractivity (Wildman–Crippen MR) is 45.1 cm³/mol. The van der Waals surface area contributed by atoms with E-state index in [2.05, 4.69) is 18.7 Å². The minimum absolute atomic E-state index is 0.0671. The largest absolute Gasteiger partial charge is 0.415 e. The van der Waals surface area contributed by atoms with Gasteiger partial charge in [0.2, 0.25) is 0 Å². The normalized spacial score (nSPS) is 51.9. The molecule has 0 aromatic carbocycles. The Hall–Kier alpha value is -0.590. The highest BCUT2D eigenvalue weighted by Crippen LogP contribution is 2.44. The lowest BCUT2D eigenvalue weighted by Crippen LogP contribution is -2.37. The molecule has 2 saturated heterocycles. The predicted octanol–water partition coefficient (Wildman–Crippen LogP) is 1.35. The molecular weight excluding hydrogens is 154 g/mol. The first-order chi connectivity index (χ1) is 5.70. The van der Waals surface area contributed by atoms with E-state index in [0.717, 1.165) is 0 Å². The second kappa shape index (κ2) is 2.45. The summed E-state index contributed by atoms with van der Waals surface area (Å²) in [4.78, 5) is 3.87. The molecule has 2 heterocycles. The van der Waals surface area contributed by atoms with Crippen molar-refractivity contribution in [3.05, 3.63) is 4.85 Å². The van der Waals surface area contributed by atoms with E-state index in [-0.39, 0.29) is 12.0 Å². The summed E-state index contributed by atoms with van der Waals surface area (Å²) >= 11 is 0. The maximum atomic E-state index is 5.62. The van der Waals surface area contributed by atoms with Crippen LogP contribution in [0.3, 0.4) is 0 Å². The highest BCUT2D eigenvalue weighted by molar-refractivity contribution is 5.10. The summed E-state index contributed by atoms with van der Waals surface area (Å²) in [5.74, 6) is 0.680. The zero-order valence-corrected chi connectivity index (χ0v) is 7.49. The molecule has 0 aliphatic carbocycles. The molecule has 0 radical (unpaired) electrons. The summed E-state index contributed by atoms with van der Waals surface area (Å²) in [6, 6.07) is 0. The van der Waals surface area contributed by atoms with Gasteiger partial charge in [-0.25, -0.2) is 0 Å². The first kappa shape index (κ1) is 8.03. The minimum atomic E-state index is -0.542. The average Bonchev–Trinajstić information content (AvgIpc) is 2.55. The number of ether oxygens (including phenoxy) is 2. The van der Waals surface area contributed by atoms with Gasteiger partial charge < -0.3 is 9.47 Å². The molecule has 0 spiro atoms. The van der Waals surface area contributed by atoms with Crippen molar-refractivity contribution in [3.8, 4) is 6.57 Å². The van der Waals surface area contributed by atoms with Gasteiger partial charge in [0.25, 0.3) is 6.57 Å². The van der Waals surface area contributed by atoms with Gasteiger partial charge in [0.1, 0.15) is 0 Å². The van der Waals surface area contributed by atoms with E-state index in [0.29, 0.717) is 19.1 Å². The Morgan fingerprint density at radius 2 is 2.17 bits per heavy atom. The molecule has 2 fully saturated rings. The molecule has 0 bridgehead atoms. The average molecular weight is 168 g/mol. The molecule has 12 heavy (non-hydrogen) atoms. The van der Waals surface area contributed by atoms with Crippen LogP contribution in [0.2, 0.25) is 0 Å². The SMILES string of the molecule is C#[N+][C@]12OCC(C)[C@H]1OCC2C. The van der Waals surface area contributed by atoms with Crippen molar-refractivity contribution in [1.29, 1.82) is 0 Å². The Morgan fingerprint density at radius 1 is 1.42 bits per heavy atom. The molecule has 4 atom stereocenters. The Bertz CT molecular complexity index is 235. The second-order valence-electron chi connectivity index (χ2n) is 3.82. The van der Waals surface area contributed by atoms with Crippen LogP contribution in [0.4, 0.5) is 0 Å². The van der Waals surface area contributed by atoms with E-state index in [1.54, 1.807) is 0 Å². The van der Waals surface area contributed by atoms with E-state index in [9.17, 15) is 0 Å². The van der Waals surface area contributed by atoms with Crippen LogP contribution < -0.4 is 0 Å². The van der Waals surface area contributed by atoms with Gasteiger partial charge in [0.05, 0.1) is 19.1 Å². The van der Waals surface area contributed by atoms with Crippen LogP contribution in [-0.2, 0) is 9.47 Å². The summed E-state index contributed by atoms with van der Waals surface area (Å²) in [5, 5.41) is 0. The smallest absolute Gasteiger partial charge is 0.366 e. The fourth-order valence-corrected chi connectivity index (χ4v) is 2.15. The van der Waals surface area contributed by atoms with Gasteiger partial charge in [-0.05, 0) is 11.8 Å². The van der Waals surface area contributed by atoms with Crippen LogP contribution in [0, 0.1) is 18.4 Å². The minimum Gasteiger partial charge on any atom is -0.366 e. The summed E-state index contributed by atoms with van der Waals surface area (Å²) in [7, 11) is 0. The fourth-order valence-electron chi connectivity index (χ4n) is 2.15. The van der Waals surface area contributed by atoms with Crippen LogP contribution in [0.5, 0.6) is 0 Å². The van der Waals surface area contributed by atoms with Gasteiger partial charge in [-0.3, -0.25) is 0 Å². The first-order valence-corrected chi connectivity index (χ1v) is 4.38. The van der Waals surface area contributed by atoms with Gasteiger partial charge in [0.15, 0.2) is 6.10 Å². The van der Waals surface area contributed by atoms with Crippen molar-refractivity contribution in [2.45, 2.75) is 25.7 Å². The third-order valence-corrected chi connectivity index (χ3v) is 2.94. The van der Waals surface area contributed by atoms with Crippen LogP contribution in [0.25, 0.3) is 4.85 Å². The molecule has 0 aromatic heterocycles. The van der Waals surface area contributed by atoms with E-state index >= 15 is 0 Å². The van der Waals surface area contributed by atoms with Crippen molar-refractivity contribution < 1.29 is 9.47 Å². The highest BCUT2D eigenvalue weighted by Gasteiger charge is 2.66. The fraction of sp³-hybridized carbons (Fsp3) is 0.889. The third kappa shape index (κ3) is 0.769. The molecular formula is C9H14NO2+. The molecule has 0 saturated carbocycles. The van der Waals surface area contributed by atoms with Crippen molar-refractivity contribution in [2.75, 3.05) is 13.2 Å². The summed E-state index contributed by atoms with van der Waals surface area (Å²) in [5.41, 5.74) is -0.542. The molecule has 2 unspecified atom stereocenters. The molecule has 2 aliphatic rings. The lowest BCUT2D eigenvalue weighted by molar-refractivity contribution is -0.00159. The monoisotopic (exact) mass is 168 g/mol. The molecule has 66 valence electrons. The second-order valence-corrected chi connectivity index (χ2v) is 3.82. The molecule has 2 rings (SSSR count). The maximum Gasteiger partial charge on any atom is 0.415 e. The number of hydrogen-bond acceptors (Lipinski definition) is 2. The zero-order chi connectivity index (χ0) is 8.77. The molecule has 2 aliphatic heterocycles. The Balaban J connectivity index is 2.32. The molecule has 0 N–H and O–H groups in total. The number of hydrogen-bond donors (Lipinski definition) is 0. The summed E-state index contributed by atoms with van der Waals surface area (Å²) < 4.78 is 11.2. The van der Waals surface area contributed by atoms with Crippen LogP contribution in [-0.4, -0.2) is 25.0 Å². The first-order valence-electron chi connectivity index (χ1n) is 4.38. The van der Waals surface area contributed by atoms with Crippen molar-refractivity contribution in [1.82, 2.24) is 0 Å². The molecule has 3 heteroatoms. The van der Waals surface area contributed by atoms with E-state index in [4.69, 9.17) is 16.0 Å². The standard InChI is InChI=1S/C9H14NO2/c1-6-4-12-9(10-3)7(2)5-11-8(6)9/h3,6-8H,4-5H2,1-2H3/q+1/t6?,7?,8-,9-/m1/s1. The summed E-state index contributed by atoms with van der Waals surface area (Å²) in [6.45, 7) is 11.0. The lowest BCUT2D eigenvalue weighted by Gasteiger charge is -2.12. The lowest BCUT2D eigenvalue weighted by atomic mass is 9.93. The van der Waals surface area contributed by atoms with Gasteiger partial charge in [-0.15, -0.1) is 0 Å². The van der Waals surface area contributed by atoms with Crippen molar-refractivity contribution in [3.63, 3.8) is 0 Å². The molecule has 0 aromatic rings. The van der Waals surface area contributed by atoms with E-state index in [1.165, 1.54) is 0 Å². The van der Waals surface area contributed by atoms with Crippen molar-refractivity contribution in [2.24, 2.45) is 11.8 Å². The van der Waals surface area contributed by atoms with Gasteiger partial charge in [-0.2, -0.15) is 0 Å². The number of nitrogens with zero attached hydrogens (tertiary/aromatic N) is 1. The number of rotatable bonds is 0. The topological polar surface area (TPSA) is 22.8 Å². The highest BCUT2D eigenvalue weighted by atomic mass is 16.6. The Kier molecular flexibility index (Phi) is 1.64. The maximum absolute atomic E-state index is 5.62. The summed E-state index contributed by atoms with van der Waals surface area (Å²) in [6.07, 6.45) is 0.0671. The third-order valence-electron chi connectivity index (χ3n) is 2.94. The van der Waals surface area contributed by atoms with Gasteiger partial charge >= 0.3 is 5.72 Å². The Labute approximate surface area is 72.5 Å². The van der Waals surface area contributed by atoms with Gasteiger partial charge in [-0.1, -0.05) is 6.92 Å². The quantitative estimate of drug-likeness (QED) is 0.545. The van der Waals surface area contributed by atoms with E-state index < -0.39 is 5.72 Å². The molecule has 3 nitrogen and oxygen atoms in total.